The molecule has 2 amide bonds. The molecule has 0 saturated carbocycles. The van der Waals surface area contributed by atoms with E-state index in [9.17, 15) is 18.8 Å². The molecular weight excluding hydrogens is 355 g/mol. The molecule has 0 aliphatic rings. The second kappa shape index (κ2) is 9.83. The number of carboxylic acids is 1. The number of carboxylic acid groups (broad SMARTS) is 1. The molecule has 0 spiro atoms. The van der Waals surface area contributed by atoms with Crippen LogP contribution in [0, 0.1) is 11.7 Å². The van der Waals surface area contributed by atoms with Gasteiger partial charge < -0.3 is 20.5 Å². The van der Waals surface area contributed by atoms with Crippen molar-refractivity contribution in [1.29, 1.82) is 0 Å². The highest BCUT2D eigenvalue weighted by atomic mass is 35.5. The van der Waals surface area contributed by atoms with Crippen molar-refractivity contribution < 1.29 is 28.6 Å². The fourth-order valence-electron chi connectivity index (χ4n) is 1.88. The Kier molecular flexibility index (Phi) is 8.13. The van der Waals surface area contributed by atoms with E-state index in [4.69, 9.17) is 21.4 Å². The quantitative estimate of drug-likeness (QED) is 0.608. The number of ether oxygens (including phenoxy) is 1. The van der Waals surface area contributed by atoms with E-state index in [1.54, 1.807) is 0 Å². The molecule has 0 saturated heterocycles. The number of benzene rings is 1. The maximum Gasteiger partial charge on any atom is 0.326 e. The molecule has 0 bridgehead atoms. The van der Waals surface area contributed by atoms with Gasteiger partial charge in [0.1, 0.15) is 17.6 Å². The van der Waals surface area contributed by atoms with Crippen LogP contribution in [-0.2, 0) is 14.4 Å². The number of hydrogen-bond acceptors (Lipinski definition) is 4. The first-order valence-corrected chi connectivity index (χ1v) is 7.93. The summed E-state index contributed by atoms with van der Waals surface area (Å²) in [5, 5.41) is 13.5. The van der Waals surface area contributed by atoms with Gasteiger partial charge in [-0.3, -0.25) is 9.59 Å². The number of carbonyl (C=O) groups is 3. The third-order valence-corrected chi connectivity index (χ3v) is 3.34. The van der Waals surface area contributed by atoms with Gasteiger partial charge in [0, 0.05) is 6.07 Å². The van der Waals surface area contributed by atoms with Crippen molar-refractivity contribution in [2.75, 3.05) is 13.2 Å². The number of hydrogen-bond donors (Lipinski definition) is 3. The molecule has 1 aromatic rings. The Labute approximate surface area is 149 Å². The average Bonchev–Trinajstić information content (AvgIpc) is 2.53. The Balaban J connectivity index is 2.38. The van der Waals surface area contributed by atoms with E-state index in [1.165, 1.54) is 12.1 Å². The lowest BCUT2D eigenvalue weighted by Gasteiger charge is -2.16. The molecular formula is C16H20ClFN2O5. The number of carbonyl (C=O) groups excluding carboxylic acids is 2. The van der Waals surface area contributed by atoms with Gasteiger partial charge in [-0.05, 0) is 24.5 Å². The van der Waals surface area contributed by atoms with Crippen LogP contribution in [0.15, 0.2) is 18.2 Å². The number of aliphatic carboxylic acids is 1. The van der Waals surface area contributed by atoms with Crippen molar-refractivity contribution in [1.82, 2.24) is 10.6 Å². The van der Waals surface area contributed by atoms with Gasteiger partial charge in [0.2, 0.25) is 5.91 Å². The Morgan fingerprint density at radius 3 is 2.52 bits per heavy atom. The van der Waals surface area contributed by atoms with Gasteiger partial charge in [0.25, 0.3) is 5.91 Å². The molecule has 0 unspecified atom stereocenters. The average molecular weight is 375 g/mol. The fraction of sp³-hybridized carbons (Fsp3) is 0.438. The summed E-state index contributed by atoms with van der Waals surface area (Å²) >= 11 is 5.59. The SMILES string of the molecule is CC(C)C[C@H](NC(=O)CNC(=O)COc1ccc(F)c(Cl)c1)C(=O)O. The smallest absolute Gasteiger partial charge is 0.326 e. The van der Waals surface area contributed by atoms with Crippen LogP contribution in [0.5, 0.6) is 5.75 Å². The van der Waals surface area contributed by atoms with E-state index in [2.05, 4.69) is 10.6 Å². The Hall–Kier alpha value is -2.35. The maximum atomic E-state index is 13.0. The minimum atomic E-state index is -1.13. The second-order valence-electron chi connectivity index (χ2n) is 5.73. The third kappa shape index (κ3) is 7.84. The zero-order chi connectivity index (χ0) is 19.0. The van der Waals surface area contributed by atoms with Crippen LogP contribution in [0.3, 0.4) is 0 Å². The van der Waals surface area contributed by atoms with Crippen molar-refractivity contribution in [3.63, 3.8) is 0 Å². The first kappa shape index (κ1) is 20.7. The Morgan fingerprint density at radius 2 is 1.96 bits per heavy atom. The van der Waals surface area contributed by atoms with Gasteiger partial charge in [0.15, 0.2) is 6.61 Å². The topological polar surface area (TPSA) is 105 Å². The summed E-state index contributed by atoms with van der Waals surface area (Å²) in [6.07, 6.45) is 0.281. The molecule has 0 fully saturated rings. The molecule has 25 heavy (non-hydrogen) atoms. The highest BCUT2D eigenvalue weighted by Gasteiger charge is 2.21. The molecule has 0 aliphatic heterocycles. The van der Waals surface area contributed by atoms with E-state index < -0.39 is 36.2 Å². The lowest BCUT2D eigenvalue weighted by molar-refractivity contribution is -0.142. The maximum absolute atomic E-state index is 13.0. The zero-order valence-electron chi connectivity index (χ0n) is 13.8. The minimum absolute atomic E-state index is 0.0897. The van der Waals surface area contributed by atoms with Crippen LogP contribution in [-0.4, -0.2) is 42.1 Å². The molecule has 3 N–H and O–H groups in total. The van der Waals surface area contributed by atoms with Crippen molar-refractivity contribution in [2.24, 2.45) is 5.92 Å². The first-order chi connectivity index (χ1) is 11.7. The van der Waals surface area contributed by atoms with E-state index in [0.29, 0.717) is 0 Å². The van der Waals surface area contributed by atoms with Crippen LogP contribution >= 0.6 is 11.6 Å². The van der Waals surface area contributed by atoms with Gasteiger partial charge in [-0.25, -0.2) is 9.18 Å². The standard InChI is InChI=1S/C16H20ClFN2O5/c1-9(2)5-13(16(23)24)20-14(21)7-19-15(22)8-25-10-3-4-12(18)11(17)6-10/h3-4,6,9,13H,5,7-8H2,1-2H3,(H,19,22)(H,20,21)(H,23,24)/t13-/m0/s1. The number of nitrogens with one attached hydrogen (secondary N) is 2. The van der Waals surface area contributed by atoms with Crippen LogP contribution in [0.2, 0.25) is 5.02 Å². The highest BCUT2D eigenvalue weighted by molar-refractivity contribution is 6.30. The van der Waals surface area contributed by atoms with Crippen molar-refractivity contribution in [2.45, 2.75) is 26.3 Å². The predicted molar refractivity (Wildman–Crippen MR) is 88.9 cm³/mol. The van der Waals surface area contributed by atoms with E-state index in [0.717, 1.165) is 6.07 Å². The molecule has 0 aliphatic carbocycles. The lowest BCUT2D eigenvalue weighted by atomic mass is 10.0. The minimum Gasteiger partial charge on any atom is -0.484 e. The van der Waals surface area contributed by atoms with Crippen molar-refractivity contribution >= 4 is 29.4 Å². The molecule has 0 aromatic heterocycles. The molecule has 7 nitrogen and oxygen atoms in total. The van der Waals surface area contributed by atoms with E-state index >= 15 is 0 Å². The monoisotopic (exact) mass is 374 g/mol. The molecule has 9 heteroatoms. The van der Waals surface area contributed by atoms with Crippen LogP contribution < -0.4 is 15.4 Å². The summed E-state index contributed by atoms with van der Waals surface area (Å²) in [6, 6.07) is 2.62. The van der Waals surface area contributed by atoms with Gasteiger partial charge in [-0.1, -0.05) is 25.4 Å². The molecule has 1 rings (SSSR count). The zero-order valence-corrected chi connectivity index (χ0v) is 14.6. The van der Waals surface area contributed by atoms with Crippen LogP contribution in [0.25, 0.3) is 0 Å². The van der Waals surface area contributed by atoms with E-state index in [-0.39, 0.29) is 29.7 Å². The first-order valence-electron chi connectivity index (χ1n) is 7.55. The van der Waals surface area contributed by atoms with Crippen LogP contribution in [0.1, 0.15) is 20.3 Å². The molecule has 0 radical (unpaired) electrons. The Morgan fingerprint density at radius 1 is 1.28 bits per heavy atom. The van der Waals surface area contributed by atoms with Gasteiger partial charge in [-0.15, -0.1) is 0 Å². The van der Waals surface area contributed by atoms with Crippen molar-refractivity contribution in [3.8, 4) is 5.75 Å². The fourth-order valence-corrected chi connectivity index (χ4v) is 2.05. The summed E-state index contributed by atoms with van der Waals surface area (Å²) in [5.41, 5.74) is 0. The third-order valence-electron chi connectivity index (χ3n) is 3.05. The second-order valence-corrected chi connectivity index (χ2v) is 6.14. The number of amides is 2. The van der Waals surface area contributed by atoms with Crippen LogP contribution in [0.4, 0.5) is 4.39 Å². The predicted octanol–water partition coefficient (Wildman–Crippen LogP) is 1.59. The largest absolute Gasteiger partial charge is 0.484 e. The molecule has 138 valence electrons. The van der Waals surface area contributed by atoms with E-state index in [1.807, 2.05) is 13.8 Å². The number of rotatable bonds is 9. The summed E-state index contributed by atoms with van der Waals surface area (Å²) in [6.45, 7) is 2.89. The summed E-state index contributed by atoms with van der Waals surface area (Å²) < 4.78 is 18.1. The van der Waals surface area contributed by atoms with Gasteiger partial charge in [0.05, 0.1) is 11.6 Å². The molecule has 0 heterocycles. The van der Waals surface area contributed by atoms with Gasteiger partial charge in [-0.2, -0.15) is 0 Å². The lowest BCUT2D eigenvalue weighted by Crippen LogP contribution is -2.46. The summed E-state index contributed by atoms with van der Waals surface area (Å²) in [4.78, 5) is 34.4. The summed E-state index contributed by atoms with van der Waals surface area (Å²) in [5.74, 6) is -2.66. The Bertz CT molecular complexity index is 639. The highest BCUT2D eigenvalue weighted by Crippen LogP contribution is 2.20. The number of halogens is 2. The summed E-state index contributed by atoms with van der Waals surface area (Å²) in [7, 11) is 0. The molecule has 1 aromatic carbocycles. The van der Waals surface area contributed by atoms with Crippen molar-refractivity contribution in [3.05, 3.63) is 29.0 Å². The molecule has 1 atom stereocenters. The normalized spacial score (nSPS) is 11.7. The van der Waals surface area contributed by atoms with Gasteiger partial charge >= 0.3 is 5.97 Å².